The number of carbonyl (C=O) groups is 1. The summed E-state index contributed by atoms with van der Waals surface area (Å²) in [5, 5.41) is 10.0. The molecule has 3 aromatic rings. The molecular formula is C22H17N3O2S. The second-order valence-corrected chi connectivity index (χ2v) is 7.22. The van der Waals surface area contributed by atoms with E-state index < -0.39 is 0 Å². The normalized spacial score (nSPS) is 16.9. The number of pyridine rings is 1. The molecule has 0 bridgehead atoms. The van der Waals surface area contributed by atoms with Gasteiger partial charge in [-0.3, -0.25) is 9.69 Å². The lowest BCUT2D eigenvalue weighted by Gasteiger charge is -2.15. The van der Waals surface area contributed by atoms with E-state index in [1.165, 1.54) is 11.8 Å². The SMILES string of the molecule is Cc1cccc(/N=C2/S/C(=C\c3ccc(O)cc3)C(=O)N2c2ccccc2)n1. The largest absolute Gasteiger partial charge is 0.508 e. The van der Waals surface area contributed by atoms with Crippen molar-refractivity contribution in [3.8, 4) is 5.75 Å². The number of phenolic OH excluding ortho intramolecular Hbond substituents is 1. The van der Waals surface area contributed by atoms with Gasteiger partial charge in [-0.1, -0.05) is 36.4 Å². The number of nitrogens with zero attached hydrogens (tertiary/aromatic N) is 3. The average Bonchev–Trinajstić information content (AvgIpc) is 2.99. The quantitative estimate of drug-likeness (QED) is 0.649. The maximum atomic E-state index is 13.1. The van der Waals surface area contributed by atoms with Gasteiger partial charge in [0.05, 0.1) is 10.6 Å². The van der Waals surface area contributed by atoms with Crippen LogP contribution < -0.4 is 4.90 Å². The highest BCUT2D eigenvalue weighted by atomic mass is 32.2. The van der Waals surface area contributed by atoms with E-state index in [0.29, 0.717) is 15.9 Å². The highest BCUT2D eigenvalue weighted by Gasteiger charge is 2.34. The molecule has 4 rings (SSSR count). The van der Waals surface area contributed by atoms with E-state index in [1.54, 1.807) is 35.2 Å². The molecule has 1 amide bonds. The Kier molecular flexibility index (Phi) is 4.95. The molecule has 0 atom stereocenters. The van der Waals surface area contributed by atoms with Crippen molar-refractivity contribution in [2.24, 2.45) is 4.99 Å². The number of aromatic nitrogens is 1. The molecule has 0 radical (unpaired) electrons. The topological polar surface area (TPSA) is 65.8 Å². The first kappa shape index (κ1) is 18.0. The Morgan fingerprint density at radius 3 is 2.46 bits per heavy atom. The lowest BCUT2D eigenvalue weighted by atomic mass is 10.2. The van der Waals surface area contributed by atoms with Crippen molar-refractivity contribution in [2.45, 2.75) is 6.92 Å². The highest BCUT2D eigenvalue weighted by molar-refractivity contribution is 8.19. The Hall–Kier alpha value is -3.38. The molecule has 0 aliphatic carbocycles. The summed E-state index contributed by atoms with van der Waals surface area (Å²) in [6.07, 6.45) is 1.80. The van der Waals surface area contributed by atoms with Gasteiger partial charge in [-0.2, -0.15) is 0 Å². The molecule has 138 valence electrons. The van der Waals surface area contributed by atoms with Crippen LogP contribution in [0.4, 0.5) is 11.5 Å². The van der Waals surface area contributed by atoms with Gasteiger partial charge in [0.2, 0.25) is 0 Å². The van der Waals surface area contributed by atoms with E-state index in [9.17, 15) is 9.90 Å². The fraction of sp³-hybridized carbons (Fsp3) is 0.0455. The second-order valence-electron chi connectivity index (χ2n) is 6.21. The number of thioether (sulfide) groups is 1. The van der Waals surface area contributed by atoms with E-state index in [-0.39, 0.29) is 11.7 Å². The van der Waals surface area contributed by atoms with Crippen molar-refractivity contribution in [1.29, 1.82) is 0 Å². The zero-order chi connectivity index (χ0) is 19.5. The molecule has 1 saturated heterocycles. The van der Waals surface area contributed by atoms with Crippen LogP contribution in [0.15, 0.2) is 82.7 Å². The number of rotatable bonds is 3. The number of hydrogen-bond acceptors (Lipinski definition) is 5. The first-order valence-corrected chi connectivity index (χ1v) is 9.52. The highest BCUT2D eigenvalue weighted by Crippen LogP contribution is 2.37. The third kappa shape index (κ3) is 3.82. The van der Waals surface area contributed by atoms with Crippen LogP contribution in [0.2, 0.25) is 0 Å². The molecule has 28 heavy (non-hydrogen) atoms. The fourth-order valence-corrected chi connectivity index (χ4v) is 3.75. The molecule has 5 nitrogen and oxygen atoms in total. The second kappa shape index (κ2) is 7.70. The van der Waals surface area contributed by atoms with Crippen LogP contribution >= 0.6 is 11.8 Å². The van der Waals surface area contributed by atoms with Crippen molar-refractivity contribution in [3.05, 3.63) is 89.0 Å². The molecule has 1 aromatic heterocycles. The smallest absolute Gasteiger partial charge is 0.271 e. The summed E-state index contributed by atoms with van der Waals surface area (Å²) in [5.41, 5.74) is 2.44. The Balaban J connectivity index is 1.76. The van der Waals surface area contributed by atoms with Crippen LogP contribution in [0.3, 0.4) is 0 Å². The van der Waals surface area contributed by atoms with Gasteiger partial charge in [0.25, 0.3) is 5.91 Å². The summed E-state index contributed by atoms with van der Waals surface area (Å²) in [7, 11) is 0. The molecule has 0 unspecified atom stereocenters. The number of benzene rings is 2. The van der Waals surface area contributed by atoms with E-state index in [0.717, 1.165) is 16.9 Å². The fourth-order valence-electron chi connectivity index (χ4n) is 2.76. The Labute approximate surface area is 167 Å². The van der Waals surface area contributed by atoms with Gasteiger partial charge in [-0.25, -0.2) is 9.98 Å². The zero-order valence-electron chi connectivity index (χ0n) is 15.1. The van der Waals surface area contributed by atoms with Gasteiger partial charge in [-0.05, 0) is 66.7 Å². The van der Waals surface area contributed by atoms with Crippen LogP contribution in [0.5, 0.6) is 5.75 Å². The van der Waals surface area contributed by atoms with Crippen LogP contribution in [0, 0.1) is 6.92 Å². The Morgan fingerprint density at radius 1 is 1.00 bits per heavy atom. The average molecular weight is 387 g/mol. The Bertz CT molecular complexity index is 1080. The van der Waals surface area contributed by atoms with Crippen LogP contribution in [-0.4, -0.2) is 21.2 Å². The predicted octanol–water partition coefficient (Wildman–Crippen LogP) is 4.90. The third-order valence-electron chi connectivity index (χ3n) is 4.10. The molecule has 0 spiro atoms. The molecule has 1 fully saturated rings. The number of para-hydroxylation sites is 1. The number of amidine groups is 1. The minimum absolute atomic E-state index is 0.143. The zero-order valence-corrected chi connectivity index (χ0v) is 15.9. The molecule has 1 aliphatic rings. The van der Waals surface area contributed by atoms with E-state index in [2.05, 4.69) is 9.98 Å². The maximum absolute atomic E-state index is 13.1. The summed E-state index contributed by atoms with van der Waals surface area (Å²) in [6.45, 7) is 1.90. The molecule has 1 N–H and O–H groups in total. The summed E-state index contributed by atoms with van der Waals surface area (Å²) in [6, 6.07) is 21.8. The Morgan fingerprint density at radius 2 is 1.75 bits per heavy atom. The van der Waals surface area contributed by atoms with Gasteiger partial charge < -0.3 is 5.11 Å². The van der Waals surface area contributed by atoms with Crippen molar-refractivity contribution in [2.75, 3.05) is 4.90 Å². The first-order chi connectivity index (χ1) is 13.6. The number of amides is 1. The number of carbonyl (C=O) groups excluding carboxylic acids is 1. The van der Waals surface area contributed by atoms with E-state index >= 15 is 0 Å². The number of hydrogen-bond donors (Lipinski definition) is 1. The minimum atomic E-state index is -0.143. The minimum Gasteiger partial charge on any atom is -0.508 e. The summed E-state index contributed by atoms with van der Waals surface area (Å²) in [4.78, 5) is 24.3. The molecule has 2 aromatic carbocycles. The van der Waals surface area contributed by atoms with Crippen LogP contribution in [0.25, 0.3) is 6.08 Å². The van der Waals surface area contributed by atoms with Crippen molar-refractivity contribution >= 4 is 40.4 Å². The van der Waals surface area contributed by atoms with Gasteiger partial charge >= 0.3 is 0 Å². The molecule has 2 heterocycles. The van der Waals surface area contributed by atoms with Gasteiger partial charge in [0.1, 0.15) is 5.75 Å². The lowest BCUT2D eigenvalue weighted by molar-refractivity contribution is -0.113. The molecule has 6 heteroatoms. The van der Waals surface area contributed by atoms with E-state index in [1.807, 2.05) is 55.5 Å². The predicted molar refractivity (Wildman–Crippen MR) is 114 cm³/mol. The van der Waals surface area contributed by atoms with Gasteiger partial charge in [0.15, 0.2) is 11.0 Å². The summed E-state index contributed by atoms with van der Waals surface area (Å²) in [5.74, 6) is 0.601. The van der Waals surface area contributed by atoms with Gasteiger partial charge in [0, 0.05) is 5.69 Å². The van der Waals surface area contributed by atoms with Crippen LogP contribution in [0.1, 0.15) is 11.3 Å². The van der Waals surface area contributed by atoms with Crippen molar-refractivity contribution in [1.82, 2.24) is 4.98 Å². The number of anilines is 1. The third-order valence-corrected chi connectivity index (χ3v) is 5.06. The number of aryl methyl sites for hydroxylation is 1. The summed E-state index contributed by atoms with van der Waals surface area (Å²) < 4.78 is 0. The monoisotopic (exact) mass is 387 g/mol. The van der Waals surface area contributed by atoms with Crippen molar-refractivity contribution < 1.29 is 9.90 Å². The molecule has 1 aliphatic heterocycles. The van der Waals surface area contributed by atoms with Crippen molar-refractivity contribution in [3.63, 3.8) is 0 Å². The first-order valence-electron chi connectivity index (χ1n) is 8.70. The number of phenols is 1. The standard InChI is InChI=1S/C22H17N3O2S/c1-15-6-5-9-20(23-15)24-22-25(17-7-3-2-4-8-17)21(27)19(28-22)14-16-10-12-18(26)13-11-16/h2-14,26H,1H3/b19-14-,24-22+. The number of aliphatic imine (C=N–C) groups is 1. The van der Waals surface area contributed by atoms with Crippen LogP contribution in [-0.2, 0) is 4.79 Å². The molecule has 0 saturated carbocycles. The summed E-state index contributed by atoms with van der Waals surface area (Å²) >= 11 is 1.31. The van der Waals surface area contributed by atoms with Gasteiger partial charge in [-0.15, -0.1) is 0 Å². The van der Waals surface area contributed by atoms with E-state index in [4.69, 9.17) is 0 Å². The number of aromatic hydroxyl groups is 1. The maximum Gasteiger partial charge on any atom is 0.271 e. The lowest BCUT2D eigenvalue weighted by Crippen LogP contribution is -2.28. The molecular weight excluding hydrogens is 370 g/mol.